The number of fused-ring (bicyclic) bond motifs is 1. The third-order valence-corrected chi connectivity index (χ3v) is 4.17. The molecule has 0 atom stereocenters. The lowest BCUT2D eigenvalue weighted by molar-refractivity contribution is 1.38. The van der Waals surface area contributed by atoms with Gasteiger partial charge in [0.15, 0.2) is 0 Å². The SMILES string of the molecule is Cc1cc(Nc2c(Cl)cc(Cl)c3c2N=S=N3)ccc1C#N. The third kappa shape index (κ3) is 2.54. The Balaban J connectivity index is 2.04. The zero-order valence-corrected chi connectivity index (χ0v) is 13.1. The molecule has 0 radical (unpaired) electrons. The van der Waals surface area contributed by atoms with Crippen LogP contribution < -0.4 is 5.32 Å². The van der Waals surface area contributed by atoms with Gasteiger partial charge in [0.25, 0.3) is 0 Å². The highest BCUT2D eigenvalue weighted by atomic mass is 35.5. The molecule has 104 valence electrons. The largest absolute Gasteiger partial charge is 0.352 e. The van der Waals surface area contributed by atoms with Crippen LogP contribution in [0, 0.1) is 18.3 Å². The Morgan fingerprint density at radius 2 is 1.90 bits per heavy atom. The van der Waals surface area contributed by atoms with E-state index in [0.29, 0.717) is 32.7 Å². The van der Waals surface area contributed by atoms with E-state index in [1.165, 1.54) is 0 Å². The molecule has 1 aliphatic heterocycles. The van der Waals surface area contributed by atoms with Crippen LogP contribution in [-0.4, -0.2) is 0 Å². The van der Waals surface area contributed by atoms with Crippen molar-refractivity contribution in [3.63, 3.8) is 0 Å². The smallest absolute Gasteiger partial charge is 0.131 e. The van der Waals surface area contributed by atoms with Crippen LogP contribution in [0.5, 0.6) is 0 Å². The van der Waals surface area contributed by atoms with Gasteiger partial charge in [-0.2, -0.15) is 14.0 Å². The van der Waals surface area contributed by atoms with Crippen molar-refractivity contribution in [3.05, 3.63) is 45.4 Å². The molecule has 21 heavy (non-hydrogen) atoms. The van der Waals surface area contributed by atoms with E-state index in [-0.39, 0.29) is 0 Å². The average molecular weight is 335 g/mol. The van der Waals surface area contributed by atoms with E-state index >= 15 is 0 Å². The van der Waals surface area contributed by atoms with Crippen molar-refractivity contribution in [3.8, 4) is 6.07 Å². The Labute approximate surface area is 135 Å². The Kier molecular flexibility index (Phi) is 3.68. The number of nitriles is 1. The molecule has 2 aromatic rings. The summed E-state index contributed by atoms with van der Waals surface area (Å²) in [7, 11) is 0. The number of halogens is 2. The minimum absolute atomic E-state index is 0.474. The predicted molar refractivity (Wildman–Crippen MR) is 87.2 cm³/mol. The Bertz CT molecular complexity index is 864. The molecule has 1 aliphatic rings. The van der Waals surface area contributed by atoms with Gasteiger partial charge in [-0.05, 0) is 36.8 Å². The van der Waals surface area contributed by atoms with Crippen LogP contribution in [0.4, 0.5) is 22.7 Å². The number of nitrogens with one attached hydrogen (secondary N) is 1. The van der Waals surface area contributed by atoms with E-state index in [9.17, 15) is 0 Å². The van der Waals surface area contributed by atoms with Crippen molar-refractivity contribution in [1.29, 1.82) is 5.26 Å². The van der Waals surface area contributed by atoms with Gasteiger partial charge in [-0.15, -0.1) is 0 Å². The number of hydrogen-bond donors (Lipinski definition) is 1. The molecule has 0 amide bonds. The molecule has 1 N–H and O–H groups in total. The van der Waals surface area contributed by atoms with Crippen molar-refractivity contribution in [2.24, 2.45) is 8.73 Å². The Morgan fingerprint density at radius 3 is 2.62 bits per heavy atom. The first-order valence-corrected chi connectivity index (χ1v) is 7.47. The number of benzene rings is 2. The van der Waals surface area contributed by atoms with E-state index in [1.807, 2.05) is 19.1 Å². The summed E-state index contributed by atoms with van der Waals surface area (Å²) in [4.78, 5) is 0. The van der Waals surface area contributed by atoms with Gasteiger partial charge in [-0.3, -0.25) is 0 Å². The summed E-state index contributed by atoms with van der Waals surface area (Å²) in [6.07, 6.45) is 0. The summed E-state index contributed by atoms with van der Waals surface area (Å²) in [5.41, 5.74) is 4.28. The number of aryl methyl sites for hydroxylation is 1. The van der Waals surface area contributed by atoms with E-state index in [1.54, 1.807) is 12.1 Å². The summed E-state index contributed by atoms with van der Waals surface area (Å²) in [5.74, 6) is 0. The van der Waals surface area contributed by atoms with Crippen molar-refractivity contribution in [2.75, 3.05) is 5.32 Å². The van der Waals surface area contributed by atoms with E-state index in [0.717, 1.165) is 22.6 Å². The second-order valence-corrected chi connectivity index (χ2v) is 5.79. The highest BCUT2D eigenvalue weighted by molar-refractivity contribution is 7.58. The van der Waals surface area contributed by atoms with Gasteiger partial charge in [0.2, 0.25) is 0 Å². The first-order valence-electron chi connectivity index (χ1n) is 5.98. The number of hydrogen-bond acceptors (Lipinski definition) is 4. The zero-order chi connectivity index (χ0) is 15.0. The lowest BCUT2D eigenvalue weighted by Crippen LogP contribution is -1.94. The first-order chi connectivity index (χ1) is 10.1. The molecule has 0 unspecified atom stereocenters. The lowest BCUT2D eigenvalue weighted by Gasteiger charge is -2.12. The molecule has 0 aliphatic carbocycles. The average Bonchev–Trinajstić information content (AvgIpc) is 2.93. The molecule has 0 spiro atoms. The van der Waals surface area contributed by atoms with Gasteiger partial charge in [-0.1, -0.05) is 23.2 Å². The van der Waals surface area contributed by atoms with Crippen LogP contribution >= 0.6 is 23.2 Å². The molecule has 4 nitrogen and oxygen atoms in total. The van der Waals surface area contributed by atoms with E-state index in [2.05, 4.69) is 20.1 Å². The Hall–Kier alpha value is -1.87. The molecule has 3 rings (SSSR count). The molecule has 0 aromatic heterocycles. The maximum atomic E-state index is 8.96. The van der Waals surface area contributed by atoms with Crippen molar-refractivity contribution >= 4 is 57.3 Å². The van der Waals surface area contributed by atoms with Gasteiger partial charge in [0.05, 0.1) is 38.7 Å². The molecule has 7 heteroatoms. The highest BCUT2D eigenvalue weighted by Gasteiger charge is 2.18. The summed E-state index contributed by atoms with van der Waals surface area (Å²) in [5, 5.41) is 13.1. The van der Waals surface area contributed by atoms with Gasteiger partial charge >= 0.3 is 0 Å². The van der Waals surface area contributed by atoms with Crippen LogP contribution in [0.15, 0.2) is 33.0 Å². The maximum absolute atomic E-state index is 8.96. The topological polar surface area (TPSA) is 60.5 Å². The minimum atomic E-state index is 0.474. The number of anilines is 2. The molecule has 0 saturated heterocycles. The summed E-state index contributed by atoms with van der Waals surface area (Å²) < 4.78 is 8.40. The highest BCUT2D eigenvalue weighted by Crippen LogP contribution is 2.48. The summed E-state index contributed by atoms with van der Waals surface area (Å²) in [6, 6.07) is 9.25. The molecule has 0 fully saturated rings. The second kappa shape index (κ2) is 5.49. The van der Waals surface area contributed by atoms with Crippen LogP contribution in [0.2, 0.25) is 10.0 Å². The number of rotatable bonds is 2. The molecule has 0 saturated carbocycles. The van der Waals surface area contributed by atoms with Gasteiger partial charge in [-0.25, -0.2) is 0 Å². The fraction of sp³-hybridized carbons (Fsp3) is 0.0714. The minimum Gasteiger partial charge on any atom is -0.352 e. The van der Waals surface area contributed by atoms with Gasteiger partial charge in [0, 0.05) is 5.69 Å². The second-order valence-electron chi connectivity index (χ2n) is 4.44. The molecule has 2 aromatic carbocycles. The maximum Gasteiger partial charge on any atom is 0.131 e. The van der Waals surface area contributed by atoms with Crippen LogP contribution in [0.3, 0.4) is 0 Å². The fourth-order valence-electron chi connectivity index (χ4n) is 2.00. The zero-order valence-electron chi connectivity index (χ0n) is 10.8. The lowest BCUT2D eigenvalue weighted by atomic mass is 10.1. The number of nitrogens with zero attached hydrogens (tertiary/aromatic N) is 3. The van der Waals surface area contributed by atoms with Crippen LogP contribution in [0.25, 0.3) is 0 Å². The standard InChI is InChI=1S/C14H8Cl2N4S/c1-7-4-9(3-2-8(7)6-17)18-12-10(15)5-11(16)13-14(12)20-21-19-13/h2-5,18H,1H3. The van der Waals surface area contributed by atoms with Gasteiger partial charge in [0.1, 0.15) is 11.4 Å². The molecular weight excluding hydrogens is 327 g/mol. The fourth-order valence-corrected chi connectivity index (χ4v) is 3.16. The van der Waals surface area contributed by atoms with Crippen LogP contribution in [0.1, 0.15) is 11.1 Å². The Morgan fingerprint density at radius 1 is 1.14 bits per heavy atom. The molecule has 1 heterocycles. The monoisotopic (exact) mass is 334 g/mol. The van der Waals surface area contributed by atoms with Gasteiger partial charge < -0.3 is 5.32 Å². The first kappa shape index (κ1) is 14.1. The van der Waals surface area contributed by atoms with Crippen LogP contribution in [-0.2, 0) is 11.4 Å². The predicted octanol–water partition coefficient (Wildman–Crippen LogP) is 5.64. The van der Waals surface area contributed by atoms with Crippen molar-refractivity contribution in [1.82, 2.24) is 0 Å². The normalized spacial score (nSPS) is 11.7. The van der Waals surface area contributed by atoms with Crippen molar-refractivity contribution in [2.45, 2.75) is 6.92 Å². The molecular formula is C14H8Cl2N4S. The molecule has 0 bridgehead atoms. The summed E-state index contributed by atoms with van der Waals surface area (Å²) >= 11 is 13.4. The van der Waals surface area contributed by atoms with Crippen molar-refractivity contribution < 1.29 is 0 Å². The third-order valence-electron chi connectivity index (χ3n) is 3.06. The summed E-state index contributed by atoms with van der Waals surface area (Å²) in [6.45, 7) is 1.88. The quantitative estimate of drug-likeness (QED) is 0.658. The van der Waals surface area contributed by atoms with E-state index < -0.39 is 0 Å². The van der Waals surface area contributed by atoms with E-state index in [4.69, 9.17) is 28.5 Å².